The Morgan fingerprint density at radius 2 is 2.15 bits per heavy atom. The van der Waals surface area contributed by atoms with Crippen LogP contribution in [-0.2, 0) is 0 Å². The Balaban J connectivity index is 1.50. The smallest absolute Gasteiger partial charge is 0.256 e. The van der Waals surface area contributed by atoms with Crippen molar-refractivity contribution in [1.29, 1.82) is 0 Å². The largest absolute Gasteiger partial charge is 0.382 e. The number of likely N-dealkylation sites (tertiary alicyclic amines) is 1. The highest BCUT2D eigenvalue weighted by Crippen LogP contribution is 2.36. The molecule has 0 saturated carbocycles. The van der Waals surface area contributed by atoms with E-state index in [0.29, 0.717) is 17.2 Å². The quantitative estimate of drug-likeness (QED) is 0.442. The number of anilines is 2. The molecule has 0 aliphatic carbocycles. The summed E-state index contributed by atoms with van der Waals surface area (Å²) in [6.45, 7) is 3.57. The van der Waals surface area contributed by atoms with Crippen LogP contribution in [0, 0.1) is 11.8 Å². The first-order valence-corrected chi connectivity index (χ1v) is 11.7. The highest BCUT2D eigenvalue weighted by Gasteiger charge is 2.30. The molecule has 166 valence electrons. The highest BCUT2D eigenvalue weighted by molar-refractivity contribution is 7.07. The van der Waals surface area contributed by atoms with Crippen LogP contribution in [0.2, 0.25) is 0 Å². The Labute approximate surface area is 195 Å². The van der Waals surface area contributed by atoms with Gasteiger partial charge < -0.3 is 11.1 Å². The second-order valence-corrected chi connectivity index (χ2v) is 8.53. The van der Waals surface area contributed by atoms with Crippen molar-refractivity contribution in [2.24, 2.45) is 0 Å². The summed E-state index contributed by atoms with van der Waals surface area (Å²) in [7, 11) is 0. The maximum Gasteiger partial charge on any atom is 0.256 e. The third-order valence-electron chi connectivity index (χ3n) is 5.83. The maximum atomic E-state index is 12.5. The van der Waals surface area contributed by atoms with Crippen molar-refractivity contribution in [2.75, 3.05) is 24.1 Å². The predicted molar refractivity (Wildman–Crippen MR) is 130 cm³/mol. The number of nitrogens with one attached hydrogen (secondary N) is 1. The third-order valence-corrected chi connectivity index (χ3v) is 6.41. The minimum atomic E-state index is -0.206. The number of imidazole rings is 1. The average molecular weight is 458 g/mol. The molecule has 1 saturated heterocycles. The van der Waals surface area contributed by atoms with Gasteiger partial charge in [-0.1, -0.05) is 18.1 Å². The topological polar surface area (TPSA) is 101 Å². The first kappa shape index (κ1) is 21.1. The van der Waals surface area contributed by atoms with E-state index in [1.54, 1.807) is 29.2 Å². The number of amides is 1. The molecular formula is C24H23N7OS. The van der Waals surface area contributed by atoms with Crippen LogP contribution in [0.3, 0.4) is 0 Å². The Hall–Kier alpha value is -3.74. The zero-order valence-electron chi connectivity index (χ0n) is 18.2. The molecule has 4 heterocycles. The van der Waals surface area contributed by atoms with E-state index in [9.17, 15) is 4.79 Å². The fourth-order valence-electron chi connectivity index (χ4n) is 4.25. The van der Waals surface area contributed by atoms with E-state index in [2.05, 4.69) is 32.0 Å². The number of thiazole rings is 1. The van der Waals surface area contributed by atoms with Gasteiger partial charge in [0.2, 0.25) is 0 Å². The van der Waals surface area contributed by atoms with Gasteiger partial charge in [-0.25, -0.2) is 15.0 Å². The standard InChI is InChI=1S/C24H23N7OS/c1-2-3-11-30-12-4-5-18(30)23-29-20(21-22(25)26-10-13-31(21)23)16-6-8-17(9-7-16)24(32)28-19-14-33-15-27-19/h6-10,13-15,18H,4-5,11-12H2,1H3,(H2,25,26)(H,28,32)/t18-/m0/s1. The molecule has 9 heteroatoms. The number of carbonyl (C=O) groups excluding carboxylic acids is 1. The van der Waals surface area contributed by atoms with Crippen LogP contribution >= 0.6 is 11.3 Å². The van der Waals surface area contributed by atoms with Crippen LogP contribution < -0.4 is 11.1 Å². The number of hydrogen-bond donors (Lipinski definition) is 2. The Kier molecular flexibility index (Phi) is 5.77. The summed E-state index contributed by atoms with van der Waals surface area (Å²) in [4.78, 5) is 28.3. The number of rotatable bonds is 5. The van der Waals surface area contributed by atoms with Gasteiger partial charge in [-0.3, -0.25) is 14.1 Å². The SMILES string of the molecule is CC#CCN1CCC[C@H]1c1nc(-c2ccc(C(=O)Nc3cscn3)cc2)c2c(N)nccn12. The molecule has 1 aliphatic rings. The normalized spacial score (nSPS) is 16.0. The highest BCUT2D eigenvalue weighted by atomic mass is 32.1. The number of carbonyl (C=O) groups is 1. The van der Waals surface area contributed by atoms with Crippen LogP contribution in [0.15, 0.2) is 47.5 Å². The second-order valence-electron chi connectivity index (χ2n) is 7.81. The van der Waals surface area contributed by atoms with E-state index in [1.165, 1.54) is 11.3 Å². The lowest BCUT2D eigenvalue weighted by Crippen LogP contribution is -2.25. The summed E-state index contributed by atoms with van der Waals surface area (Å²) >= 11 is 1.43. The van der Waals surface area contributed by atoms with Crippen LogP contribution in [0.5, 0.6) is 0 Å². The molecule has 0 spiro atoms. The maximum absolute atomic E-state index is 12.5. The number of aromatic nitrogens is 4. The first-order valence-electron chi connectivity index (χ1n) is 10.7. The number of benzene rings is 1. The molecule has 8 nitrogen and oxygen atoms in total. The van der Waals surface area contributed by atoms with Gasteiger partial charge in [0.15, 0.2) is 0 Å². The third kappa shape index (κ3) is 4.06. The predicted octanol–water partition coefficient (Wildman–Crippen LogP) is 3.85. The summed E-state index contributed by atoms with van der Waals surface area (Å²) < 4.78 is 2.04. The van der Waals surface area contributed by atoms with Gasteiger partial charge in [-0.15, -0.1) is 17.3 Å². The first-order chi connectivity index (χ1) is 16.2. The van der Waals surface area contributed by atoms with Crippen LogP contribution in [0.1, 0.15) is 42.0 Å². The fourth-order valence-corrected chi connectivity index (χ4v) is 4.74. The molecule has 5 rings (SSSR count). The van der Waals surface area contributed by atoms with Crippen molar-refractivity contribution in [2.45, 2.75) is 25.8 Å². The Morgan fingerprint density at radius 3 is 2.91 bits per heavy atom. The van der Waals surface area contributed by atoms with Gasteiger partial charge in [0.05, 0.1) is 18.1 Å². The minimum absolute atomic E-state index is 0.164. The minimum Gasteiger partial charge on any atom is -0.382 e. The van der Waals surface area contributed by atoms with Crippen LogP contribution in [0.25, 0.3) is 16.8 Å². The molecule has 1 aliphatic heterocycles. The second kappa shape index (κ2) is 9.02. The van der Waals surface area contributed by atoms with Gasteiger partial charge in [-0.05, 0) is 38.4 Å². The van der Waals surface area contributed by atoms with E-state index >= 15 is 0 Å². The molecule has 1 atom stereocenters. The Morgan fingerprint density at radius 1 is 1.30 bits per heavy atom. The molecular weight excluding hydrogens is 434 g/mol. The molecule has 1 amide bonds. The van der Waals surface area contributed by atoms with E-state index < -0.39 is 0 Å². The zero-order valence-corrected chi connectivity index (χ0v) is 19.0. The van der Waals surface area contributed by atoms with Gasteiger partial charge in [0.1, 0.15) is 28.7 Å². The summed E-state index contributed by atoms with van der Waals surface area (Å²) in [6, 6.07) is 7.52. The molecule has 0 unspecified atom stereocenters. The Bertz CT molecular complexity index is 1350. The molecule has 4 aromatic rings. The monoisotopic (exact) mass is 457 g/mol. The fraction of sp³-hybridized carbons (Fsp3) is 0.250. The number of fused-ring (bicyclic) bond motifs is 1. The van der Waals surface area contributed by atoms with Crippen molar-refractivity contribution >= 4 is 34.4 Å². The van der Waals surface area contributed by atoms with Gasteiger partial charge >= 0.3 is 0 Å². The lowest BCUT2D eigenvalue weighted by Gasteiger charge is -2.21. The molecule has 1 aromatic carbocycles. The van der Waals surface area contributed by atoms with E-state index in [4.69, 9.17) is 10.7 Å². The van der Waals surface area contributed by atoms with Crippen LogP contribution in [-0.4, -0.2) is 43.2 Å². The van der Waals surface area contributed by atoms with E-state index in [0.717, 1.165) is 48.5 Å². The zero-order chi connectivity index (χ0) is 22.8. The molecule has 3 aromatic heterocycles. The molecule has 1 fully saturated rings. The van der Waals surface area contributed by atoms with Gasteiger partial charge in [-0.2, -0.15) is 0 Å². The lowest BCUT2D eigenvalue weighted by molar-refractivity contribution is 0.102. The number of nitrogens with two attached hydrogens (primary N) is 1. The van der Waals surface area contributed by atoms with Crippen LogP contribution in [0.4, 0.5) is 11.6 Å². The summed E-state index contributed by atoms with van der Waals surface area (Å²) in [5, 5.41) is 4.58. The molecule has 3 N–H and O–H groups in total. The van der Waals surface area contributed by atoms with Crippen molar-refractivity contribution in [3.05, 3.63) is 58.9 Å². The van der Waals surface area contributed by atoms with E-state index in [-0.39, 0.29) is 11.9 Å². The number of nitrogen functional groups attached to an aromatic ring is 1. The lowest BCUT2D eigenvalue weighted by atomic mass is 10.1. The average Bonchev–Trinajstić information content (AvgIpc) is 3.58. The number of nitrogens with zero attached hydrogens (tertiary/aromatic N) is 5. The van der Waals surface area contributed by atoms with Crippen molar-refractivity contribution in [3.8, 4) is 23.1 Å². The van der Waals surface area contributed by atoms with Crippen molar-refractivity contribution in [3.63, 3.8) is 0 Å². The van der Waals surface area contributed by atoms with Crippen molar-refractivity contribution in [1.82, 2.24) is 24.3 Å². The van der Waals surface area contributed by atoms with Gasteiger partial charge in [0.25, 0.3) is 5.91 Å². The van der Waals surface area contributed by atoms with E-state index in [1.807, 2.05) is 29.7 Å². The number of hydrogen-bond acceptors (Lipinski definition) is 7. The molecule has 33 heavy (non-hydrogen) atoms. The summed E-state index contributed by atoms with van der Waals surface area (Å²) in [5.41, 5.74) is 10.9. The summed E-state index contributed by atoms with van der Waals surface area (Å²) in [6.07, 6.45) is 5.73. The summed E-state index contributed by atoms with van der Waals surface area (Å²) in [5.74, 6) is 7.87. The van der Waals surface area contributed by atoms with Crippen molar-refractivity contribution < 1.29 is 4.79 Å². The van der Waals surface area contributed by atoms with Gasteiger partial charge in [0, 0.05) is 28.9 Å². The molecule has 0 bridgehead atoms. The molecule has 0 radical (unpaired) electrons.